The molecule has 0 amide bonds. The molecule has 0 bridgehead atoms. The van der Waals surface area contributed by atoms with Crippen molar-refractivity contribution in [3.63, 3.8) is 0 Å². The molecule has 0 spiro atoms. The Morgan fingerprint density at radius 2 is 1.56 bits per heavy atom. The molecule has 0 aromatic heterocycles. The first-order valence-corrected chi connectivity index (χ1v) is 24.3. The van der Waals surface area contributed by atoms with Gasteiger partial charge in [0.05, 0.1) is 18.3 Å². The van der Waals surface area contributed by atoms with E-state index in [1.807, 2.05) is 0 Å². The molecule has 4 saturated carbocycles. The van der Waals surface area contributed by atoms with E-state index in [0.717, 1.165) is 25.2 Å². The molecule has 256 valence electrons. The zero-order chi connectivity index (χ0) is 33.6. The van der Waals surface area contributed by atoms with Crippen molar-refractivity contribution in [2.24, 2.45) is 29.1 Å². The summed E-state index contributed by atoms with van der Waals surface area (Å²) in [4.78, 5) is 0. The molecular weight excluding hydrogens is 585 g/mol. The normalized spacial score (nSPS) is 33.7. The summed E-state index contributed by atoms with van der Waals surface area (Å²) in [6.45, 7) is 33.2. The van der Waals surface area contributed by atoms with Crippen molar-refractivity contribution in [2.45, 2.75) is 174 Å². The van der Waals surface area contributed by atoms with Gasteiger partial charge in [-0.2, -0.15) is 0 Å². The number of hydrogen-bond donors (Lipinski definition) is 1. The van der Waals surface area contributed by atoms with E-state index in [2.05, 4.69) is 112 Å². The van der Waals surface area contributed by atoms with Crippen molar-refractivity contribution in [3.05, 3.63) is 47.6 Å². The molecule has 4 rings (SSSR count). The predicted octanol–water partition coefficient (Wildman–Crippen LogP) is 11.5. The van der Waals surface area contributed by atoms with E-state index in [9.17, 15) is 5.11 Å². The van der Waals surface area contributed by atoms with Crippen LogP contribution in [0.1, 0.15) is 120 Å². The lowest BCUT2D eigenvalue weighted by Gasteiger charge is -2.45. The molecule has 4 fully saturated rings. The highest BCUT2D eigenvalue weighted by Crippen LogP contribution is 2.59. The van der Waals surface area contributed by atoms with E-state index in [4.69, 9.17) is 8.85 Å². The minimum atomic E-state index is -1.98. The van der Waals surface area contributed by atoms with E-state index >= 15 is 0 Å². The zero-order valence-corrected chi connectivity index (χ0v) is 33.4. The van der Waals surface area contributed by atoms with Gasteiger partial charge in [-0.05, 0) is 121 Å². The van der Waals surface area contributed by atoms with E-state index in [1.165, 1.54) is 56.1 Å². The van der Waals surface area contributed by atoms with Gasteiger partial charge in [-0.25, -0.2) is 0 Å². The van der Waals surface area contributed by atoms with E-state index in [0.29, 0.717) is 23.2 Å². The Labute approximate surface area is 280 Å². The lowest BCUT2D eigenvalue weighted by Crippen LogP contribution is -2.49. The highest BCUT2D eigenvalue weighted by atomic mass is 28.4. The molecule has 4 aliphatic carbocycles. The van der Waals surface area contributed by atoms with Crippen molar-refractivity contribution < 1.29 is 14.0 Å². The summed E-state index contributed by atoms with van der Waals surface area (Å²) in [6.07, 6.45) is 21.1. The summed E-state index contributed by atoms with van der Waals surface area (Å²) in [6, 6.07) is 0. The SMILES string of the molecule is C=C1/C(=C/C=C2\CCC[C@]3(C)[C@@H]([C@H](C)/C=C/[C@@H](O)CC4CC4)CC[C@@H]23)C[C@@H](O[Si](C)(C)C(C)(C)C)C[C@@H]1O[Si](C)(C)C(C)(C)C. The van der Waals surface area contributed by atoms with Gasteiger partial charge in [0.25, 0.3) is 0 Å². The van der Waals surface area contributed by atoms with Crippen LogP contribution in [-0.2, 0) is 8.85 Å². The van der Waals surface area contributed by atoms with Crippen LogP contribution in [0.4, 0.5) is 0 Å². The molecule has 4 aliphatic rings. The molecule has 0 heterocycles. The maximum Gasteiger partial charge on any atom is 0.192 e. The number of hydrogen-bond acceptors (Lipinski definition) is 3. The van der Waals surface area contributed by atoms with Crippen molar-refractivity contribution >= 4 is 16.6 Å². The molecule has 0 radical (unpaired) electrons. The van der Waals surface area contributed by atoms with Crippen LogP contribution in [0.2, 0.25) is 36.3 Å². The standard InChI is InChI=1S/C40H70O3Si2/c1-28(16-21-33(41)25-30-17-18-30)35-22-23-36-31(15-14-24-40(35,36)9)19-20-32-26-34(42-44(10,11)38(3,4)5)27-37(29(32)2)43-45(12,13)39(6,7)8/h16,19-21,28,30,33-37,41H,2,14-15,17-18,22-27H2,1,3-13H3/b21-16+,31-19+,32-20+/t28-,33-,34-,35-,36+,37+,40-/m1/s1. The molecule has 0 saturated heterocycles. The molecule has 1 N–H and O–H groups in total. The van der Waals surface area contributed by atoms with Crippen molar-refractivity contribution in [1.82, 2.24) is 0 Å². The molecule has 0 unspecified atom stereocenters. The number of allylic oxidation sites excluding steroid dienone is 4. The summed E-state index contributed by atoms with van der Waals surface area (Å²) >= 11 is 0. The Bertz CT molecular complexity index is 1150. The Hall–Kier alpha value is -0.726. The lowest BCUT2D eigenvalue weighted by molar-refractivity contribution is 0.0969. The predicted molar refractivity (Wildman–Crippen MR) is 199 cm³/mol. The highest BCUT2D eigenvalue weighted by molar-refractivity contribution is 6.74. The summed E-state index contributed by atoms with van der Waals surface area (Å²) in [5.41, 5.74) is 4.49. The van der Waals surface area contributed by atoms with Crippen LogP contribution in [0, 0.1) is 29.1 Å². The smallest absolute Gasteiger partial charge is 0.192 e. The average molecular weight is 655 g/mol. The third-order valence-corrected chi connectivity index (χ3v) is 22.3. The maximum atomic E-state index is 10.5. The second-order valence-corrected chi connectivity index (χ2v) is 28.4. The van der Waals surface area contributed by atoms with E-state index in [-0.39, 0.29) is 28.4 Å². The molecule has 45 heavy (non-hydrogen) atoms. The first-order valence-electron chi connectivity index (χ1n) is 18.5. The second-order valence-electron chi connectivity index (χ2n) is 18.9. The molecule has 0 aromatic carbocycles. The molecule has 0 aromatic rings. The Morgan fingerprint density at radius 3 is 2.16 bits per heavy atom. The molecular formula is C40H70O3Si2. The van der Waals surface area contributed by atoms with Gasteiger partial charge < -0.3 is 14.0 Å². The molecule has 7 atom stereocenters. The van der Waals surface area contributed by atoms with Crippen LogP contribution in [0.15, 0.2) is 47.6 Å². The van der Waals surface area contributed by atoms with Crippen molar-refractivity contribution in [3.8, 4) is 0 Å². The number of aliphatic hydroxyl groups excluding tert-OH is 1. The van der Waals surface area contributed by atoms with Gasteiger partial charge in [-0.15, -0.1) is 0 Å². The second kappa shape index (κ2) is 13.6. The lowest BCUT2D eigenvalue weighted by atomic mass is 9.61. The summed E-state index contributed by atoms with van der Waals surface area (Å²) in [5, 5.41) is 10.9. The number of fused-ring (bicyclic) bond motifs is 1. The maximum absolute atomic E-state index is 10.5. The zero-order valence-electron chi connectivity index (χ0n) is 31.4. The molecule has 3 nitrogen and oxygen atoms in total. The van der Waals surface area contributed by atoms with Gasteiger partial charge >= 0.3 is 0 Å². The van der Waals surface area contributed by atoms with Gasteiger partial charge in [-0.1, -0.05) is 105 Å². The average Bonchev–Trinajstić information content (AvgIpc) is 3.64. The fourth-order valence-corrected chi connectivity index (χ4v) is 10.8. The number of rotatable bonds is 10. The summed E-state index contributed by atoms with van der Waals surface area (Å²) in [5.74, 6) is 2.59. The summed E-state index contributed by atoms with van der Waals surface area (Å²) in [7, 11) is -3.91. The third kappa shape index (κ3) is 8.66. The fraction of sp³-hybridized carbons (Fsp3) is 0.800. The van der Waals surface area contributed by atoms with Gasteiger partial charge in [-0.3, -0.25) is 0 Å². The quantitative estimate of drug-likeness (QED) is 0.188. The third-order valence-electron chi connectivity index (χ3n) is 13.3. The minimum Gasteiger partial charge on any atom is -0.413 e. The first-order chi connectivity index (χ1) is 20.6. The van der Waals surface area contributed by atoms with Crippen molar-refractivity contribution in [2.75, 3.05) is 0 Å². The van der Waals surface area contributed by atoms with Crippen LogP contribution in [-0.4, -0.2) is 40.1 Å². The first kappa shape index (κ1) is 37.1. The topological polar surface area (TPSA) is 38.7 Å². The van der Waals surface area contributed by atoms with Crippen LogP contribution in [0.25, 0.3) is 0 Å². The fourth-order valence-electron chi connectivity index (χ4n) is 8.12. The minimum absolute atomic E-state index is 0.0226. The van der Waals surface area contributed by atoms with Gasteiger partial charge in [0, 0.05) is 6.42 Å². The summed E-state index contributed by atoms with van der Waals surface area (Å²) < 4.78 is 14.2. The largest absolute Gasteiger partial charge is 0.413 e. The number of aliphatic hydroxyl groups is 1. The Balaban J connectivity index is 1.56. The van der Waals surface area contributed by atoms with Crippen LogP contribution in [0.5, 0.6) is 0 Å². The Morgan fingerprint density at radius 1 is 0.933 bits per heavy atom. The van der Waals surface area contributed by atoms with Crippen LogP contribution >= 0.6 is 0 Å². The van der Waals surface area contributed by atoms with Crippen LogP contribution in [0.3, 0.4) is 0 Å². The van der Waals surface area contributed by atoms with Gasteiger partial charge in [0.15, 0.2) is 16.6 Å². The highest BCUT2D eigenvalue weighted by Gasteiger charge is 2.50. The van der Waals surface area contributed by atoms with Gasteiger partial charge in [0.2, 0.25) is 0 Å². The molecule has 5 heteroatoms. The monoisotopic (exact) mass is 654 g/mol. The van der Waals surface area contributed by atoms with Gasteiger partial charge in [0.1, 0.15) is 0 Å². The van der Waals surface area contributed by atoms with E-state index < -0.39 is 16.6 Å². The molecule has 0 aliphatic heterocycles. The van der Waals surface area contributed by atoms with Crippen LogP contribution < -0.4 is 0 Å². The van der Waals surface area contributed by atoms with E-state index in [1.54, 1.807) is 5.57 Å². The Kier molecular flexibility index (Phi) is 11.3. The van der Waals surface area contributed by atoms with Crippen molar-refractivity contribution in [1.29, 1.82) is 0 Å².